The first-order valence-electron chi connectivity index (χ1n) is 7.94. The molecule has 2 nitrogen and oxygen atoms in total. The van der Waals surface area contributed by atoms with Gasteiger partial charge in [-0.15, -0.1) is 11.3 Å². The van der Waals surface area contributed by atoms with Crippen LogP contribution in [0.25, 0.3) is 6.08 Å². The molecule has 4 heteroatoms. The average molecular weight is 351 g/mol. The lowest BCUT2D eigenvalue weighted by Crippen LogP contribution is -2.30. The van der Waals surface area contributed by atoms with E-state index in [0.717, 1.165) is 16.0 Å². The molecule has 0 radical (unpaired) electrons. The highest BCUT2D eigenvalue weighted by molar-refractivity contribution is 7.10. The molecule has 0 aliphatic rings. The normalized spacial score (nSPS) is 12.2. The van der Waals surface area contributed by atoms with Gasteiger partial charge >= 0.3 is 0 Å². The predicted molar refractivity (Wildman–Crippen MR) is 101 cm³/mol. The molecule has 1 unspecified atom stereocenters. The lowest BCUT2D eigenvalue weighted by atomic mass is 9.97. The van der Waals surface area contributed by atoms with Crippen LogP contribution in [0.4, 0.5) is 4.39 Å². The third-order valence-electron chi connectivity index (χ3n) is 3.97. The van der Waals surface area contributed by atoms with Crippen molar-refractivity contribution in [1.29, 1.82) is 0 Å². The van der Waals surface area contributed by atoms with E-state index in [1.54, 1.807) is 41.5 Å². The monoisotopic (exact) mass is 351 g/mol. The van der Waals surface area contributed by atoms with E-state index in [4.69, 9.17) is 0 Å². The summed E-state index contributed by atoms with van der Waals surface area (Å²) in [6.07, 6.45) is 3.39. The molecule has 0 saturated heterocycles. The maximum atomic E-state index is 13.3. The molecule has 0 aliphatic carbocycles. The zero-order chi connectivity index (χ0) is 17.6. The third-order valence-corrected chi connectivity index (χ3v) is 4.81. The number of hydrogen-bond acceptors (Lipinski definition) is 2. The van der Waals surface area contributed by atoms with E-state index >= 15 is 0 Å². The molecule has 126 valence electrons. The molecule has 1 aromatic heterocycles. The highest BCUT2D eigenvalue weighted by Crippen LogP contribution is 2.28. The van der Waals surface area contributed by atoms with E-state index in [1.807, 2.05) is 53.9 Å². The number of hydrogen-bond donors (Lipinski definition) is 0. The summed E-state index contributed by atoms with van der Waals surface area (Å²) < 4.78 is 13.3. The van der Waals surface area contributed by atoms with Crippen molar-refractivity contribution >= 4 is 23.3 Å². The maximum Gasteiger partial charge on any atom is 0.247 e. The Balaban J connectivity index is 1.90. The first-order chi connectivity index (χ1) is 12.1. The second-order valence-corrected chi connectivity index (χ2v) is 6.64. The van der Waals surface area contributed by atoms with Crippen LogP contribution in [0.3, 0.4) is 0 Å². The number of likely N-dealkylation sites (N-methyl/N-ethyl adjacent to an activating group) is 1. The minimum atomic E-state index is -0.290. The number of halogens is 1. The SMILES string of the molecule is CN(C(=O)/C=C/c1cccs1)C(c1ccccc1)c1ccc(F)cc1. The second kappa shape index (κ2) is 7.90. The Bertz CT molecular complexity index is 841. The summed E-state index contributed by atoms with van der Waals surface area (Å²) in [5, 5.41) is 1.97. The molecular weight excluding hydrogens is 333 g/mol. The highest BCUT2D eigenvalue weighted by Gasteiger charge is 2.22. The summed E-state index contributed by atoms with van der Waals surface area (Å²) in [7, 11) is 1.77. The van der Waals surface area contributed by atoms with Crippen LogP contribution in [0.5, 0.6) is 0 Å². The van der Waals surface area contributed by atoms with E-state index in [0.29, 0.717) is 0 Å². The van der Waals surface area contributed by atoms with Gasteiger partial charge < -0.3 is 4.90 Å². The average Bonchev–Trinajstić information content (AvgIpc) is 3.16. The van der Waals surface area contributed by atoms with Gasteiger partial charge in [0.25, 0.3) is 0 Å². The Hall–Kier alpha value is -2.72. The minimum Gasteiger partial charge on any atom is -0.331 e. The lowest BCUT2D eigenvalue weighted by molar-refractivity contribution is -0.126. The van der Waals surface area contributed by atoms with Crippen molar-refractivity contribution in [2.45, 2.75) is 6.04 Å². The molecule has 0 spiro atoms. The third kappa shape index (κ3) is 4.22. The molecule has 1 heterocycles. The summed E-state index contributed by atoms with van der Waals surface area (Å²) in [5.74, 6) is -0.395. The van der Waals surface area contributed by atoms with E-state index in [-0.39, 0.29) is 17.8 Å². The minimum absolute atomic E-state index is 0.105. The Kier molecular flexibility index (Phi) is 5.41. The zero-order valence-electron chi connectivity index (χ0n) is 13.8. The van der Waals surface area contributed by atoms with Crippen LogP contribution in [-0.2, 0) is 4.79 Å². The van der Waals surface area contributed by atoms with Gasteiger partial charge in [0.1, 0.15) is 5.82 Å². The fraction of sp³-hybridized carbons (Fsp3) is 0.0952. The van der Waals surface area contributed by atoms with E-state index in [2.05, 4.69) is 0 Å². The van der Waals surface area contributed by atoms with Crippen molar-refractivity contribution in [3.8, 4) is 0 Å². The van der Waals surface area contributed by atoms with Crippen molar-refractivity contribution in [2.75, 3.05) is 7.05 Å². The summed E-state index contributed by atoms with van der Waals surface area (Å²) in [6.45, 7) is 0. The summed E-state index contributed by atoms with van der Waals surface area (Å²) in [5.41, 5.74) is 1.85. The number of benzene rings is 2. The maximum absolute atomic E-state index is 13.3. The van der Waals surface area contributed by atoms with Crippen molar-refractivity contribution in [2.24, 2.45) is 0 Å². The molecule has 0 fully saturated rings. The van der Waals surface area contributed by atoms with Gasteiger partial charge in [-0.2, -0.15) is 0 Å². The van der Waals surface area contributed by atoms with Crippen LogP contribution in [-0.4, -0.2) is 17.9 Å². The van der Waals surface area contributed by atoms with Crippen LogP contribution in [0.15, 0.2) is 78.2 Å². The van der Waals surface area contributed by atoms with Gasteiger partial charge in [-0.1, -0.05) is 48.5 Å². The Morgan fingerprint density at radius 1 is 1.00 bits per heavy atom. The van der Waals surface area contributed by atoms with Crippen LogP contribution < -0.4 is 0 Å². The molecule has 1 amide bonds. The Morgan fingerprint density at radius 2 is 1.68 bits per heavy atom. The molecule has 0 N–H and O–H groups in total. The molecule has 0 saturated carbocycles. The summed E-state index contributed by atoms with van der Waals surface area (Å²) >= 11 is 1.58. The molecule has 3 aromatic rings. The molecule has 25 heavy (non-hydrogen) atoms. The Morgan fingerprint density at radius 3 is 2.32 bits per heavy atom. The van der Waals surface area contributed by atoms with Gasteiger partial charge in [0.15, 0.2) is 0 Å². The molecule has 1 atom stereocenters. The summed E-state index contributed by atoms with van der Waals surface area (Å²) in [4.78, 5) is 15.4. The molecular formula is C21H18FNOS. The van der Waals surface area contributed by atoms with Gasteiger partial charge in [0.2, 0.25) is 5.91 Å². The first kappa shape index (κ1) is 17.1. The van der Waals surface area contributed by atoms with Gasteiger partial charge in [-0.25, -0.2) is 4.39 Å². The lowest BCUT2D eigenvalue weighted by Gasteiger charge is -2.28. The standard InChI is InChI=1S/C21H18FNOS/c1-23(20(24)14-13-19-8-5-15-25-19)21(16-6-3-2-4-7-16)17-9-11-18(22)12-10-17/h2-15,21H,1H3/b14-13+. The van der Waals surface area contributed by atoms with Crippen LogP contribution in [0.2, 0.25) is 0 Å². The predicted octanol–water partition coefficient (Wildman–Crippen LogP) is 5.15. The number of carbonyl (C=O) groups excluding carboxylic acids is 1. The zero-order valence-corrected chi connectivity index (χ0v) is 14.6. The fourth-order valence-electron chi connectivity index (χ4n) is 2.70. The fourth-order valence-corrected chi connectivity index (χ4v) is 3.32. The van der Waals surface area contributed by atoms with Gasteiger partial charge in [-0.3, -0.25) is 4.79 Å². The quantitative estimate of drug-likeness (QED) is 0.582. The van der Waals surface area contributed by atoms with Crippen molar-refractivity contribution in [3.05, 3.63) is 100 Å². The number of thiophene rings is 1. The van der Waals surface area contributed by atoms with Crippen LogP contribution in [0, 0.1) is 5.82 Å². The van der Waals surface area contributed by atoms with Crippen molar-refractivity contribution < 1.29 is 9.18 Å². The first-order valence-corrected chi connectivity index (χ1v) is 8.82. The smallest absolute Gasteiger partial charge is 0.247 e. The van der Waals surface area contributed by atoms with E-state index < -0.39 is 0 Å². The van der Waals surface area contributed by atoms with E-state index in [9.17, 15) is 9.18 Å². The van der Waals surface area contributed by atoms with Gasteiger partial charge in [-0.05, 0) is 40.8 Å². The van der Waals surface area contributed by atoms with Crippen molar-refractivity contribution in [1.82, 2.24) is 4.90 Å². The molecule has 0 bridgehead atoms. The number of carbonyl (C=O) groups is 1. The van der Waals surface area contributed by atoms with Crippen LogP contribution >= 0.6 is 11.3 Å². The largest absolute Gasteiger partial charge is 0.331 e. The van der Waals surface area contributed by atoms with Crippen LogP contribution in [0.1, 0.15) is 22.0 Å². The van der Waals surface area contributed by atoms with Gasteiger partial charge in [0, 0.05) is 18.0 Å². The van der Waals surface area contributed by atoms with E-state index in [1.165, 1.54) is 12.1 Å². The Labute approximate surface area is 150 Å². The second-order valence-electron chi connectivity index (χ2n) is 5.66. The summed E-state index contributed by atoms with van der Waals surface area (Å²) in [6, 6.07) is 19.7. The molecule has 0 aliphatic heterocycles. The molecule has 2 aromatic carbocycles. The topological polar surface area (TPSA) is 20.3 Å². The van der Waals surface area contributed by atoms with Crippen molar-refractivity contribution in [3.63, 3.8) is 0 Å². The number of amides is 1. The number of nitrogens with zero attached hydrogens (tertiary/aromatic N) is 1. The highest BCUT2D eigenvalue weighted by atomic mass is 32.1. The van der Waals surface area contributed by atoms with Gasteiger partial charge in [0.05, 0.1) is 6.04 Å². The number of rotatable bonds is 5. The molecule has 3 rings (SSSR count).